The lowest BCUT2D eigenvalue weighted by Gasteiger charge is -2.12. The molecule has 0 saturated heterocycles. The molecule has 0 spiro atoms. The molecule has 0 saturated carbocycles. The Morgan fingerprint density at radius 3 is 2.20 bits per heavy atom. The minimum atomic E-state index is -0.0377. The molecule has 0 heterocycles. The van der Waals surface area contributed by atoms with Crippen LogP contribution in [0.4, 0.5) is 0 Å². The first-order valence-electron chi connectivity index (χ1n) is 6.28. The topological polar surface area (TPSA) is 62.5 Å². The van der Waals surface area contributed by atoms with Crippen molar-refractivity contribution in [2.45, 2.75) is 6.61 Å². The second-order valence-corrected chi connectivity index (χ2v) is 4.12. The van der Waals surface area contributed by atoms with Gasteiger partial charge in [0.15, 0.2) is 11.5 Å². The third-order valence-corrected chi connectivity index (χ3v) is 2.68. The molecule has 4 nitrogen and oxygen atoms in total. The lowest BCUT2D eigenvalue weighted by Crippen LogP contribution is -2.04. The number of benzene rings is 2. The van der Waals surface area contributed by atoms with Crippen LogP contribution in [0.1, 0.15) is 11.1 Å². The molecule has 1 N–H and O–H groups in total. The van der Waals surface area contributed by atoms with Crippen LogP contribution in [0.15, 0.2) is 48.5 Å². The second kappa shape index (κ2) is 7.17. The van der Waals surface area contributed by atoms with Crippen LogP contribution in [0.2, 0.25) is 0 Å². The number of aliphatic hydroxyl groups excluding tert-OH is 1. The number of nitrogens with zero attached hydrogens (tertiary/aromatic N) is 1. The first-order chi connectivity index (χ1) is 9.83. The summed E-state index contributed by atoms with van der Waals surface area (Å²) in [6.45, 7) is 0.590. The highest BCUT2D eigenvalue weighted by molar-refractivity contribution is 5.39. The molecule has 2 aromatic rings. The smallest absolute Gasteiger partial charge is 0.161 e. The molecule has 102 valence electrons. The van der Waals surface area contributed by atoms with Crippen LogP contribution in [-0.4, -0.2) is 18.3 Å². The SMILES string of the molecule is N#Cc1ccc(COc2ccccc2OCCO)cc1. The van der Waals surface area contributed by atoms with Crippen molar-refractivity contribution in [1.82, 2.24) is 0 Å². The number of hydrogen-bond acceptors (Lipinski definition) is 4. The maximum atomic E-state index is 8.78. The summed E-state index contributed by atoms with van der Waals surface area (Å²) in [4.78, 5) is 0. The molecule has 0 aliphatic heterocycles. The number of nitriles is 1. The maximum Gasteiger partial charge on any atom is 0.161 e. The predicted octanol–water partition coefficient (Wildman–Crippen LogP) is 2.51. The molecule has 2 aromatic carbocycles. The number of aliphatic hydroxyl groups is 1. The minimum Gasteiger partial charge on any atom is -0.487 e. The highest BCUT2D eigenvalue weighted by Crippen LogP contribution is 2.27. The van der Waals surface area contributed by atoms with Crippen LogP contribution in [0.3, 0.4) is 0 Å². The van der Waals surface area contributed by atoms with Crippen molar-refractivity contribution >= 4 is 0 Å². The summed E-state index contributed by atoms with van der Waals surface area (Å²) in [5.41, 5.74) is 1.60. The van der Waals surface area contributed by atoms with E-state index in [4.69, 9.17) is 19.8 Å². The minimum absolute atomic E-state index is 0.0377. The van der Waals surface area contributed by atoms with E-state index < -0.39 is 0 Å². The lowest BCUT2D eigenvalue weighted by molar-refractivity contribution is 0.192. The van der Waals surface area contributed by atoms with Gasteiger partial charge in [-0.15, -0.1) is 0 Å². The zero-order chi connectivity index (χ0) is 14.2. The fourth-order valence-corrected chi connectivity index (χ4v) is 1.68. The van der Waals surface area contributed by atoms with Crippen molar-refractivity contribution in [2.24, 2.45) is 0 Å². The molecule has 0 aliphatic carbocycles. The standard InChI is InChI=1S/C16H15NO3/c17-11-13-5-7-14(8-6-13)12-20-16-4-2-1-3-15(16)19-10-9-18/h1-8,18H,9-10,12H2. The van der Waals surface area contributed by atoms with Gasteiger partial charge in [0.1, 0.15) is 13.2 Å². The van der Waals surface area contributed by atoms with Crippen LogP contribution in [0.5, 0.6) is 11.5 Å². The molecule has 4 heteroatoms. The van der Waals surface area contributed by atoms with Crippen LogP contribution in [-0.2, 0) is 6.61 Å². The Kier molecular flexibility index (Phi) is 4.99. The Hall–Kier alpha value is -2.51. The molecule has 0 aliphatic rings. The summed E-state index contributed by atoms with van der Waals surface area (Å²) < 4.78 is 11.1. The number of hydrogen-bond donors (Lipinski definition) is 1. The summed E-state index contributed by atoms with van der Waals surface area (Å²) in [5.74, 6) is 1.24. The summed E-state index contributed by atoms with van der Waals surface area (Å²) >= 11 is 0. The summed E-state index contributed by atoms with van der Waals surface area (Å²) in [7, 11) is 0. The van der Waals surface area contributed by atoms with Crippen LogP contribution < -0.4 is 9.47 Å². The molecule has 20 heavy (non-hydrogen) atoms. The number of rotatable bonds is 6. The fourth-order valence-electron chi connectivity index (χ4n) is 1.68. The van der Waals surface area contributed by atoms with Gasteiger partial charge in [-0.1, -0.05) is 24.3 Å². The average Bonchev–Trinajstić information content (AvgIpc) is 2.52. The molecular formula is C16H15NO3. The molecule has 0 bridgehead atoms. The van der Waals surface area contributed by atoms with E-state index in [9.17, 15) is 0 Å². The molecule has 0 aromatic heterocycles. The highest BCUT2D eigenvalue weighted by atomic mass is 16.5. The molecular weight excluding hydrogens is 254 g/mol. The van der Waals surface area contributed by atoms with Gasteiger partial charge in [0.05, 0.1) is 18.2 Å². The molecule has 0 amide bonds. The first kappa shape index (κ1) is 13.9. The van der Waals surface area contributed by atoms with E-state index in [1.807, 2.05) is 30.3 Å². The van der Waals surface area contributed by atoms with Crippen molar-refractivity contribution in [2.75, 3.05) is 13.2 Å². The second-order valence-electron chi connectivity index (χ2n) is 4.12. The van der Waals surface area contributed by atoms with Crippen molar-refractivity contribution in [3.63, 3.8) is 0 Å². The van der Waals surface area contributed by atoms with Crippen molar-refractivity contribution in [3.05, 3.63) is 59.7 Å². The van der Waals surface area contributed by atoms with Crippen molar-refractivity contribution in [1.29, 1.82) is 5.26 Å². The Bertz CT molecular complexity index is 587. The molecule has 2 rings (SSSR count). The zero-order valence-electron chi connectivity index (χ0n) is 11.0. The summed E-state index contributed by atoms with van der Waals surface area (Å²) in [5, 5.41) is 17.5. The number of para-hydroxylation sites is 2. The number of ether oxygens (including phenoxy) is 2. The quantitative estimate of drug-likeness (QED) is 0.875. The summed E-state index contributed by atoms with van der Waals surface area (Å²) in [6.07, 6.45) is 0. The third-order valence-electron chi connectivity index (χ3n) is 2.68. The summed E-state index contributed by atoms with van der Waals surface area (Å²) in [6, 6.07) is 16.6. The van der Waals surface area contributed by atoms with E-state index in [0.29, 0.717) is 23.7 Å². The molecule has 0 fully saturated rings. The van der Waals surface area contributed by atoms with Gasteiger partial charge in [-0.3, -0.25) is 0 Å². The van der Waals surface area contributed by atoms with Gasteiger partial charge in [0, 0.05) is 0 Å². The predicted molar refractivity (Wildman–Crippen MR) is 74.5 cm³/mol. The van der Waals surface area contributed by atoms with Crippen LogP contribution in [0, 0.1) is 11.3 Å². The third kappa shape index (κ3) is 3.74. The lowest BCUT2D eigenvalue weighted by atomic mass is 10.1. The van der Waals surface area contributed by atoms with E-state index in [0.717, 1.165) is 5.56 Å². The Balaban J connectivity index is 2.01. The van der Waals surface area contributed by atoms with Gasteiger partial charge in [-0.2, -0.15) is 5.26 Å². The maximum absolute atomic E-state index is 8.78. The van der Waals surface area contributed by atoms with Gasteiger partial charge in [-0.05, 0) is 29.8 Å². The van der Waals surface area contributed by atoms with Gasteiger partial charge in [0.25, 0.3) is 0 Å². The zero-order valence-corrected chi connectivity index (χ0v) is 11.0. The van der Waals surface area contributed by atoms with E-state index in [1.165, 1.54) is 0 Å². The van der Waals surface area contributed by atoms with Gasteiger partial charge >= 0.3 is 0 Å². The van der Waals surface area contributed by atoms with Gasteiger partial charge < -0.3 is 14.6 Å². The van der Waals surface area contributed by atoms with E-state index in [2.05, 4.69) is 6.07 Å². The fraction of sp³-hybridized carbons (Fsp3) is 0.188. The van der Waals surface area contributed by atoms with Crippen molar-refractivity contribution < 1.29 is 14.6 Å². The molecule has 0 radical (unpaired) electrons. The largest absolute Gasteiger partial charge is 0.487 e. The average molecular weight is 269 g/mol. The van der Waals surface area contributed by atoms with Gasteiger partial charge in [-0.25, -0.2) is 0 Å². The normalized spacial score (nSPS) is 9.80. The Morgan fingerprint density at radius 1 is 0.950 bits per heavy atom. The van der Waals surface area contributed by atoms with Gasteiger partial charge in [0.2, 0.25) is 0 Å². The first-order valence-corrected chi connectivity index (χ1v) is 6.28. The molecule has 0 atom stereocenters. The monoisotopic (exact) mass is 269 g/mol. The van der Waals surface area contributed by atoms with E-state index in [-0.39, 0.29) is 13.2 Å². The van der Waals surface area contributed by atoms with Crippen molar-refractivity contribution in [3.8, 4) is 17.6 Å². The molecule has 0 unspecified atom stereocenters. The Labute approximate surface area is 117 Å². The Morgan fingerprint density at radius 2 is 1.60 bits per heavy atom. The highest BCUT2D eigenvalue weighted by Gasteiger charge is 2.04. The van der Waals surface area contributed by atoms with Crippen LogP contribution >= 0.6 is 0 Å². The van der Waals surface area contributed by atoms with E-state index in [1.54, 1.807) is 18.2 Å². The van der Waals surface area contributed by atoms with E-state index >= 15 is 0 Å². The van der Waals surface area contributed by atoms with Crippen LogP contribution in [0.25, 0.3) is 0 Å².